The summed E-state index contributed by atoms with van der Waals surface area (Å²) in [6.07, 6.45) is 0. The molecule has 0 saturated carbocycles. The number of hydrogen-bond acceptors (Lipinski definition) is 7. The van der Waals surface area contributed by atoms with Gasteiger partial charge in [0.15, 0.2) is 0 Å². The highest BCUT2D eigenvalue weighted by Crippen LogP contribution is 2.37. The van der Waals surface area contributed by atoms with Gasteiger partial charge in [-0.3, -0.25) is 4.79 Å². The Labute approximate surface area is 183 Å². The lowest BCUT2D eigenvalue weighted by Crippen LogP contribution is -2.43. The number of rotatable bonds is 5. The maximum Gasteiger partial charge on any atom is 0.293 e. The molecule has 1 heterocycles. The molecule has 0 radical (unpaired) electrons. The second-order valence-corrected chi connectivity index (χ2v) is 8.86. The van der Waals surface area contributed by atoms with E-state index in [1.54, 1.807) is 11.8 Å². The van der Waals surface area contributed by atoms with E-state index in [1.807, 2.05) is 45.0 Å². The molecule has 0 aliphatic carbocycles. The van der Waals surface area contributed by atoms with Crippen LogP contribution in [0.1, 0.15) is 31.9 Å². The molecule has 6 nitrogen and oxygen atoms in total. The van der Waals surface area contributed by atoms with E-state index in [4.69, 9.17) is 5.73 Å². The Bertz CT molecular complexity index is 868. The highest BCUT2D eigenvalue weighted by molar-refractivity contribution is 7.99. The van der Waals surface area contributed by atoms with Gasteiger partial charge in [0.1, 0.15) is 5.60 Å². The van der Waals surface area contributed by atoms with Gasteiger partial charge in [-0.25, -0.2) is 0 Å². The smallest absolute Gasteiger partial charge is 0.293 e. The number of nitrogens with zero attached hydrogens (tertiary/aromatic N) is 2. The zero-order valence-electron chi connectivity index (χ0n) is 17.9. The minimum absolute atomic E-state index is 0.318. The molecule has 1 aliphatic rings. The fourth-order valence-electron chi connectivity index (χ4n) is 2.87. The van der Waals surface area contributed by atoms with E-state index in [0.717, 1.165) is 41.5 Å². The highest BCUT2D eigenvalue weighted by Gasteiger charge is 2.16. The van der Waals surface area contributed by atoms with Crippen LogP contribution in [0, 0.1) is 11.3 Å². The second-order valence-electron chi connectivity index (χ2n) is 7.77. The minimum atomic E-state index is -0.318. The van der Waals surface area contributed by atoms with Gasteiger partial charge in [0.05, 0.1) is 17.3 Å². The largest absolute Gasteiger partial charge is 0.462 e. The number of hydrogen-bond donors (Lipinski definition) is 2. The van der Waals surface area contributed by atoms with Crippen molar-refractivity contribution in [3.05, 3.63) is 53.6 Å². The number of ether oxygens (including phenoxy) is 1. The molecule has 0 atom stereocenters. The van der Waals surface area contributed by atoms with Crippen LogP contribution in [0.4, 0.5) is 5.69 Å². The first kappa shape index (κ1) is 23.7. The fraction of sp³-hybridized carbons (Fsp3) is 0.391. The monoisotopic (exact) mass is 426 g/mol. The number of nitrogens with one attached hydrogen (secondary N) is 1. The Morgan fingerprint density at radius 2 is 1.90 bits per heavy atom. The maximum absolute atomic E-state index is 9.60. The van der Waals surface area contributed by atoms with Gasteiger partial charge >= 0.3 is 0 Å². The van der Waals surface area contributed by atoms with Crippen LogP contribution in [-0.4, -0.2) is 38.3 Å². The summed E-state index contributed by atoms with van der Waals surface area (Å²) >= 11 is 1.70. The van der Waals surface area contributed by atoms with Gasteiger partial charge in [0.2, 0.25) is 0 Å². The van der Waals surface area contributed by atoms with E-state index >= 15 is 0 Å². The molecule has 3 rings (SSSR count). The van der Waals surface area contributed by atoms with Crippen LogP contribution in [-0.2, 0) is 16.1 Å². The summed E-state index contributed by atoms with van der Waals surface area (Å²) in [5.41, 5.74) is 8.56. The lowest BCUT2D eigenvalue weighted by molar-refractivity contribution is -0.138. The summed E-state index contributed by atoms with van der Waals surface area (Å²) in [6, 6.07) is 16.4. The Kier molecular flexibility index (Phi) is 9.18. The number of piperazine rings is 1. The molecule has 1 fully saturated rings. The van der Waals surface area contributed by atoms with Crippen molar-refractivity contribution in [3.8, 4) is 6.07 Å². The van der Waals surface area contributed by atoms with Crippen LogP contribution >= 0.6 is 11.8 Å². The number of nitrogens with two attached hydrogens (primary N) is 1. The van der Waals surface area contributed by atoms with Crippen molar-refractivity contribution in [1.29, 1.82) is 5.26 Å². The normalized spacial score (nSPS) is 13.6. The maximum atomic E-state index is 9.60. The first-order chi connectivity index (χ1) is 14.4. The van der Waals surface area contributed by atoms with E-state index in [0.29, 0.717) is 18.6 Å². The van der Waals surface area contributed by atoms with Gasteiger partial charge in [-0.2, -0.15) is 5.26 Å². The topological polar surface area (TPSA) is 91.4 Å². The summed E-state index contributed by atoms with van der Waals surface area (Å²) < 4.78 is 4.55. The molecule has 0 aromatic heterocycles. The summed E-state index contributed by atoms with van der Waals surface area (Å²) in [4.78, 5) is 14.2. The lowest BCUT2D eigenvalue weighted by Gasteiger charge is -2.31. The molecular weight excluding hydrogens is 396 g/mol. The quantitative estimate of drug-likeness (QED) is 0.707. The first-order valence-electron chi connectivity index (χ1n) is 9.95. The highest BCUT2D eigenvalue weighted by atomic mass is 32.2. The average molecular weight is 427 g/mol. The molecule has 30 heavy (non-hydrogen) atoms. The number of anilines is 1. The van der Waals surface area contributed by atoms with Crippen LogP contribution in [0.25, 0.3) is 0 Å². The Morgan fingerprint density at radius 1 is 1.20 bits per heavy atom. The molecule has 2 aromatic carbocycles. The molecule has 1 saturated heterocycles. The zero-order valence-corrected chi connectivity index (χ0v) is 18.7. The Hall–Kier alpha value is -2.53. The fourth-order valence-corrected chi connectivity index (χ4v) is 4.02. The second kappa shape index (κ2) is 11.6. The third-order valence-electron chi connectivity index (χ3n) is 4.36. The van der Waals surface area contributed by atoms with Gasteiger partial charge in [-0.05, 0) is 50.6 Å². The third kappa shape index (κ3) is 7.38. The number of carbonyl (C=O) groups is 1. The minimum Gasteiger partial charge on any atom is -0.462 e. The van der Waals surface area contributed by atoms with Crippen LogP contribution in [0.5, 0.6) is 0 Å². The van der Waals surface area contributed by atoms with Crippen molar-refractivity contribution in [3.63, 3.8) is 0 Å². The lowest BCUT2D eigenvalue weighted by atomic mass is 10.2. The van der Waals surface area contributed by atoms with Crippen molar-refractivity contribution in [2.24, 2.45) is 5.73 Å². The molecule has 0 amide bonds. The summed E-state index contributed by atoms with van der Waals surface area (Å²) in [7, 11) is 0. The molecule has 160 valence electrons. The first-order valence-corrected chi connectivity index (χ1v) is 10.8. The number of benzene rings is 2. The van der Waals surface area contributed by atoms with E-state index in [1.165, 1.54) is 5.69 Å². The standard InChI is InChI=1S/C18H20N4S.C5H10O2/c19-12-14-5-6-16(22-9-7-21-8-10-22)18(11-14)23-17-4-2-1-3-15(17)13-20;1-5(2,3)7-4-6/h1-6,11,21H,7-10,13,20H2;4H,1-3H3. The van der Waals surface area contributed by atoms with Gasteiger partial charge in [0, 0.05) is 42.5 Å². The van der Waals surface area contributed by atoms with Crippen molar-refractivity contribution in [1.82, 2.24) is 5.32 Å². The van der Waals surface area contributed by atoms with E-state index < -0.39 is 0 Å². The predicted molar refractivity (Wildman–Crippen MR) is 122 cm³/mol. The van der Waals surface area contributed by atoms with Crippen LogP contribution < -0.4 is 16.0 Å². The molecular formula is C23H30N4O2S. The zero-order chi connectivity index (χ0) is 22.0. The molecule has 3 N–H and O–H groups in total. The van der Waals surface area contributed by atoms with Gasteiger partial charge < -0.3 is 20.7 Å². The van der Waals surface area contributed by atoms with Gasteiger partial charge in [-0.1, -0.05) is 30.0 Å². The molecule has 0 unspecified atom stereocenters. The predicted octanol–water partition coefficient (Wildman–Crippen LogP) is 3.54. The van der Waals surface area contributed by atoms with Gasteiger partial charge in [-0.15, -0.1) is 0 Å². The van der Waals surface area contributed by atoms with Crippen molar-refractivity contribution in [2.75, 3.05) is 31.1 Å². The summed E-state index contributed by atoms with van der Waals surface area (Å²) in [5.74, 6) is 0. The SMILES string of the molecule is CC(C)(C)OC=O.N#Cc1ccc(N2CCNCC2)c(Sc2ccccc2CN)c1. The van der Waals surface area contributed by atoms with Crippen LogP contribution in [0.15, 0.2) is 52.3 Å². The Morgan fingerprint density at radius 3 is 2.47 bits per heavy atom. The summed E-state index contributed by atoms with van der Waals surface area (Å²) in [6.45, 7) is 10.4. The Balaban J connectivity index is 0.000000396. The molecule has 2 aromatic rings. The van der Waals surface area contributed by atoms with Crippen molar-refractivity contribution >= 4 is 23.9 Å². The summed E-state index contributed by atoms with van der Waals surface area (Å²) in [5, 5.41) is 12.6. The van der Waals surface area contributed by atoms with Crippen LogP contribution in [0.3, 0.4) is 0 Å². The van der Waals surface area contributed by atoms with Crippen molar-refractivity contribution in [2.45, 2.75) is 42.7 Å². The van der Waals surface area contributed by atoms with Crippen molar-refractivity contribution < 1.29 is 9.53 Å². The van der Waals surface area contributed by atoms with Gasteiger partial charge in [0.25, 0.3) is 6.47 Å². The molecule has 1 aliphatic heterocycles. The van der Waals surface area contributed by atoms with E-state index in [-0.39, 0.29) is 5.60 Å². The average Bonchev–Trinajstić information content (AvgIpc) is 2.74. The van der Waals surface area contributed by atoms with E-state index in [2.05, 4.69) is 39.2 Å². The molecule has 0 bridgehead atoms. The van der Waals surface area contributed by atoms with E-state index in [9.17, 15) is 10.1 Å². The molecule has 0 spiro atoms. The van der Waals surface area contributed by atoms with Crippen LogP contribution in [0.2, 0.25) is 0 Å². The number of nitriles is 1. The molecule has 7 heteroatoms. The number of carbonyl (C=O) groups excluding carboxylic acids is 1. The third-order valence-corrected chi connectivity index (χ3v) is 5.53.